The Hall–Kier alpha value is -0.0400. The Morgan fingerprint density at radius 1 is 1.22 bits per heavy atom. The number of likely N-dealkylation sites (N-methyl/N-ethyl adjacent to an activating group) is 1. The van der Waals surface area contributed by atoms with Gasteiger partial charge in [-0.3, -0.25) is 4.99 Å². The predicted octanol–water partition coefficient (Wildman–Crippen LogP) is 2.30. The first-order valence-electron chi connectivity index (χ1n) is 6.80. The minimum absolute atomic E-state index is 0. The lowest BCUT2D eigenvalue weighted by Gasteiger charge is -2.23. The molecule has 2 N–H and O–H groups in total. The maximum Gasteiger partial charge on any atom is 0.191 e. The zero-order chi connectivity index (χ0) is 13.1. The summed E-state index contributed by atoms with van der Waals surface area (Å²) in [4.78, 5) is 6.57. The van der Waals surface area contributed by atoms with Crippen LogP contribution in [0, 0.1) is 0 Å². The SMILES string of the molecule is CCCCNC(=NC)NCCN(C)C(C)CC.I. The van der Waals surface area contributed by atoms with E-state index in [0.29, 0.717) is 6.04 Å². The molecule has 0 spiro atoms. The van der Waals surface area contributed by atoms with Gasteiger partial charge in [-0.15, -0.1) is 24.0 Å². The zero-order valence-electron chi connectivity index (χ0n) is 12.6. The molecule has 0 aromatic carbocycles. The van der Waals surface area contributed by atoms with Crippen molar-refractivity contribution >= 4 is 29.9 Å². The topological polar surface area (TPSA) is 39.7 Å². The third kappa shape index (κ3) is 9.94. The summed E-state index contributed by atoms with van der Waals surface area (Å²) in [6, 6.07) is 0.645. The van der Waals surface area contributed by atoms with Crippen LogP contribution in [0.5, 0.6) is 0 Å². The van der Waals surface area contributed by atoms with Gasteiger partial charge in [-0.2, -0.15) is 0 Å². The van der Waals surface area contributed by atoms with Gasteiger partial charge in [-0.1, -0.05) is 20.3 Å². The van der Waals surface area contributed by atoms with E-state index in [4.69, 9.17) is 0 Å². The summed E-state index contributed by atoms with van der Waals surface area (Å²) >= 11 is 0. The minimum Gasteiger partial charge on any atom is -0.356 e. The first kappa shape index (κ1) is 20.3. The summed E-state index contributed by atoms with van der Waals surface area (Å²) in [5, 5.41) is 6.64. The molecular formula is C13H31IN4. The molecule has 5 heteroatoms. The van der Waals surface area contributed by atoms with Crippen LogP contribution in [0.15, 0.2) is 4.99 Å². The molecule has 0 aromatic rings. The normalized spacial score (nSPS) is 13.1. The average Bonchev–Trinajstić information content (AvgIpc) is 2.35. The molecule has 4 nitrogen and oxygen atoms in total. The van der Waals surface area contributed by atoms with Gasteiger partial charge in [0.25, 0.3) is 0 Å². The monoisotopic (exact) mass is 370 g/mol. The molecule has 0 aliphatic heterocycles. The van der Waals surface area contributed by atoms with Crippen molar-refractivity contribution in [2.75, 3.05) is 33.7 Å². The number of rotatable bonds is 8. The standard InChI is InChI=1S/C13H30N4.HI/c1-6-8-9-15-13(14-4)16-10-11-17(5)12(3)7-2;/h12H,6-11H2,1-5H3,(H2,14,15,16);1H. The zero-order valence-corrected chi connectivity index (χ0v) is 15.0. The van der Waals surface area contributed by atoms with Gasteiger partial charge in [-0.25, -0.2) is 0 Å². The quantitative estimate of drug-likeness (QED) is 0.298. The van der Waals surface area contributed by atoms with Crippen molar-refractivity contribution in [1.82, 2.24) is 15.5 Å². The maximum absolute atomic E-state index is 4.20. The Morgan fingerprint density at radius 2 is 1.83 bits per heavy atom. The Bertz CT molecular complexity index is 209. The molecule has 0 aliphatic carbocycles. The van der Waals surface area contributed by atoms with Crippen molar-refractivity contribution in [3.63, 3.8) is 0 Å². The Labute approximate surface area is 130 Å². The number of nitrogens with one attached hydrogen (secondary N) is 2. The molecule has 0 heterocycles. The Balaban J connectivity index is 0. The first-order chi connectivity index (χ1) is 8.15. The minimum atomic E-state index is 0. The van der Waals surface area contributed by atoms with E-state index in [2.05, 4.69) is 48.3 Å². The van der Waals surface area contributed by atoms with Crippen LogP contribution in [-0.4, -0.2) is 50.6 Å². The van der Waals surface area contributed by atoms with E-state index < -0.39 is 0 Å². The van der Waals surface area contributed by atoms with Gasteiger partial charge in [-0.05, 0) is 26.8 Å². The second-order valence-corrected chi connectivity index (χ2v) is 4.52. The fourth-order valence-corrected chi connectivity index (χ4v) is 1.49. The predicted molar refractivity (Wildman–Crippen MR) is 92.1 cm³/mol. The highest BCUT2D eigenvalue weighted by atomic mass is 127. The highest BCUT2D eigenvalue weighted by Gasteiger charge is 2.05. The maximum atomic E-state index is 4.20. The largest absolute Gasteiger partial charge is 0.356 e. The van der Waals surface area contributed by atoms with Crippen molar-refractivity contribution in [1.29, 1.82) is 0 Å². The molecule has 0 bridgehead atoms. The summed E-state index contributed by atoms with van der Waals surface area (Å²) in [5.41, 5.74) is 0. The molecule has 0 saturated heterocycles. The van der Waals surface area contributed by atoms with E-state index in [9.17, 15) is 0 Å². The van der Waals surface area contributed by atoms with Gasteiger partial charge in [0.05, 0.1) is 0 Å². The van der Waals surface area contributed by atoms with E-state index in [1.807, 2.05) is 7.05 Å². The molecule has 0 rings (SSSR count). The van der Waals surface area contributed by atoms with Gasteiger partial charge in [0.2, 0.25) is 0 Å². The van der Waals surface area contributed by atoms with Crippen molar-refractivity contribution in [2.45, 2.75) is 46.1 Å². The summed E-state index contributed by atoms with van der Waals surface area (Å²) in [7, 11) is 3.99. The molecule has 0 fully saturated rings. The number of nitrogens with zero attached hydrogens (tertiary/aromatic N) is 2. The third-order valence-electron chi connectivity index (χ3n) is 3.15. The summed E-state index contributed by atoms with van der Waals surface area (Å²) in [6.45, 7) is 9.65. The lowest BCUT2D eigenvalue weighted by atomic mass is 10.2. The van der Waals surface area contributed by atoms with E-state index in [1.54, 1.807) is 0 Å². The van der Waals surface area contributed by atoms with Crippen molar-refractivity contribution in [3.8, 4) is 0 Å². The van der Waals surface area contributed by atoms with Crippen LogP contribution in [0.25, 0.3) is 0 Å². The Kier molecular flexibility index (Phi) is 15.1. The van der Waals surface area contributed by atoms with E-state index >= 15 is 0 Å². The first-order valence-corrected chi connectivity index (χ1v) is 6.80. The highest BCUT2D eigenvalue weighted by molar-refractivity contribution is 14.0. The van der Waals surface area contributed by atoms with Crippen molar-refractivity contribution < 1.29 is 0 Å². The molecule has 0 saturated carbocycles. The lowest BCUT2D eigenvalue weighted by Crippen LogP contribution is -2.42. The van der Waals surface area contributed by atoms with E-state index in [0.717, 1.165) is 25.6 Å². The smallest absolute Gasteiger partial charge is 0.191 e. The molecule has 18 heavy (non-hydrogen) atoms. The van der Waals surface area contributed by atoms with Crippen molar-refractivity contribution in [3.05, 3.63) is 0 Å². The number of hydrogen-bond acceptors (Lipinski definition) is 2. The third-order valence-corrected chi connectivity index (χ3v) is 3.15. The van der Waals surface area contributed by atoms with E-state index in [-0.39, 0.29) is 24.0 Å². The fraction of sp³-hybridized carbons (Fsp3) is 0.923. The van der Waals surface area contributed by atoms with E-state index in [1.165, 1.54) is 19.3 Å². The summed E-state index contributed by atoms with van der Waals surface area (Å²) in [6.07, 6.45) is 3.59. The number of hydrogen-bond donors (Lipinski definition) is 2. The van der Waals surface area contributed by atoms with Crippen LogP contribution in [0.4, 0.5) is 0 Å². The second-order valence-electron chi connectivity index (χ2n) is 4.52. The number of halogens is 1. The van der Waals surface area contributed by atoms with Crippen LogP contribution in [-0.2, 0) is 0 Å². The molecule has 0 radical (unpaired) electrons. The average molecular weight is 370 g/mol. The highest BCUT2D eigenvalue weighted by Crippen LogP contribution is 1.97. The number of aliphatic imine (C=N–C) groups is 1. The molecule has 0 aliphatic rings. The summed E-state index contributed by atoms with van der Waals surface area (Å²) < 4.78 is 0. The van der Waals surface area contributed by atoms with Gasteiger partial charge >= 0.3 is 0 Å². The van der Waals surface area contributed by atoms with Crippen LogP contribution < -0.4 is 10.6 Å². The molecular weight excluding hydrogens is 339 g/mol. The number of unbranched alkanes of at least 4 members (excludes halogenated alkanes) is 1. The second kappa shape index (κ2) is 13.4. The number of guanidine groups is 1. The van der Waals surface area contributed by atoms with Crippen LogP contribution in [0.1, 0.15) is 40.0 Å². The van der Waals surface area contributed by atoms with Gasteiger partial charge in [0, 0.05) is 32.7 Å². The molecule has 110 valence electrons. The summed E-state index contributed by atoms with van der Waals surface area (Å²) in [5.74, 6) is 0.913. The van der Waals surface area contributed by atoms with Crippen LogP contribution >= 0.6 is 24.0 Å². The van der Waals surface area contributed by atoms with Gasteiger partial charge in [0.15, 0.2) is 5.96 Å². The van der Waals surface area contributed by atoms with Gasteiger partial charge < -0.3 is 15.5 Å². The van der Waals surface area contributed by atoms with Gasteiger partial charge in [0.1, 0.15) is 0 Å². The Morgan fingerprint density at radius 3 is 2.33 bits per heavy atom. The lowest BCUT2D eigenvalue weighted by molar-refractivity contribution is 0.255. The fourth-order valence-electron chi connectivity index (χ4n) is 1.49. The van der Waals surface area contributed by atoms with Crippen LogP contribution in [0.2, 0.25) is 0 Å². The molecule has 1 atom stereocenters. The van der Waals surface area contributed by atoms with Crippen molar-refractivity contribution in [2.24, 2.45) is 4.99 Å². The molecule has 0 aromatic heterocycles. The molecule has 1 unspecified atom stereocenters. The van der Waals surface area contributed by atoms with Crippen LogP contribution in [0.3, 0.4) is 0 Å². The molecule has 0 amide bonds.